The summed E-state index contributed by atoms with van der Waals surface area (Å²) in [6, 6.07) is 7.70. The van der Waals surface area contributed by atoms with Crippen molar-refractivity contribution in [2.24, 2.45) is 0 Å². The van der Waals surface area contributed by atoms with Crippen LogP contribution in [0, 0.1) is 0 Å². The molecule has 8 heteroatoms. The molecule has 2 aromatic rings. The molecule has 0 saturated carbocycles. The number of benzene rings is 1. The highest BCUT2D eigenvalue weighted by atomic mass is 16.6. The van der Waals surface area contributed by atoms with Crippen LogP contribution < -0.4 is 10.6 Å². The van der Waals surface area contributed by atoms with E-state index in [0.29, 0.717) is 19.0 Å². The molecular formula is C23H32N4O4. The summed E-state index contributed by atoms with van der Waals surface area (Å²) >= 11 is 0. The zero-order valence-corrected chi connectivity index (χ0v) is 19.2. The second-order valence-electron chi connectivity index (χ2n) is 9.86. The minimum atomic E-state index is -0.523. The van der Waals surface area contributed by atoms with Crippen molar-refractivity contribution in [3.8, 4) is 0 Å². The summed E-state index contributed by atoms with van der Waals surface area (Å²) in [4.78, 5) is 26.4. The van der Waals surface area contributed by atoms with Crippen LogP contribution in [0.4, 0.5) is 16.4 Å². The van der Waals surface area contributed by atoms with Gasteiger partial charge in [-0.2, -0.15) is 0 Å². The first-order chi connectivity index (χ1) is 14.4. The number of nitrogens with one attached hydrogen (secondary N) is 2. The summed E-state index contributed by atoms with van der Waals surface area (Å²) in [6.07, 6.45) is 0.467. The Bertz CT molecular complexity index is 953. The van der Waals surface area contributed by atoms with Crippen LogP contribution in [-0.2, 0) is 27.9 Å². The Morgan fingerprint density at radius 2 is 1.87 bits per heavy atom. The number of aromatic nitrogens is 1. The standard InChI is InChI=1S/C23H32N4O4/c1-22(2,3)18-12-20(31-26-18)25-19(28)13-24-17-8-7-15-9-10-27(14-16(15)11-17)21(29)30-23(4,5)6/h7-8,11-12,24H,9-10,13-14H2,1-6H3,(H,25,28). The van der Waals surface area contributed by atoms with Gasteiger partial charge in [0.2, 0.25) is 11.8 Å². The van der Waals surface area contributed by atoms with Crippen molar-refractivity contribution in [1.29, 1.82) is 0 Å². The maximum Gasteiger partial charge on any atom is 0.410 e. The van der Waals surface area contributed by atoms with Crippen molar-refractivity contribution in [3.63, 3.8) is 0 Å². The molecule has 0 radical (unpaired) electrons. The van der Waals surface area contributed by atoms with Crippen molar-refractivity contribution in [3.05, 3.63) is 41.1 Å². The molecule has 0 unspecified atom stereocenters. The first kappa shape index (κ1) is 22.7. The molecule has 0 fully saturated rings. The van der Waals surface area contributed by atoms with Gasteiger partial charge in [-0.3, -0.25) is 10.1 Å². The predicted molar refractivity (Wildman–Crippen MR) is 119 cm³/mol. The Kier molecular flexibility index (Phi) is 6.29. The number of carbonyl (C=O) groups excluding carboxylic acids is 2. The zero-order chi connectivity index (χ0) is 22.8. The monoisotopic (exact) mass is 428 g/mol. The Labute approximate surface area is 183 Å². The molecule has 0 bridgehead atoms. The molecule has 0 atom stereocenters. The number of anilines is 2. The molecule has 1 aliphatic rings. The van der Waals surface area contributed by atoms with Crippen LogP contribution in [0.3, 0.4) is 0 Å². The van der Waals surface area contributed by atoms with Crippen LogP contribution >= 0.6 is 0 Å². The van der Waals surface area contributed by atoms with E-state index in [1.165, 1.54) is 5.56 Å². The van der Waals surface area contributed by atoms with E-state index in [9.17, 15) is 9.59 Å². The minimum absolute atomic E-state index is 0.0835. The molecule has 2 heterocycles. The number of rotatable bonds is 4. The van der Waals surface area contributed by atoms with Crippen LogP contribution in [0.2, 0.25) is 0 Å². The third kappa shape index (κ3) is 6.23. The number of hydrogen-bond acceptors (Lipinski definition) is 6. The normalized spacial score (nSPS) is 14.1. The van der Waals surface area contributed by atoms with Gasteiger partial charge in [0.15, 0.2) is 0 Å². The lowest BCUT2D eigenvalue weighted by atomic mass is 9.92. The number of hydrogen-bond donors (Lipinski definition) is 2. The molecule has 2 N–H and O–H groups in total. The van der Waals surface area contributed by atoms with Crippen LogP contribution in [0.25, 0.3) is 0 Å². The van der Waals surface area contributed by atoms with Crippen LogP contribution in [-0.4, -0.2) is 40.7 Å². The third-order valence-corrected chi connectivity index (χ3v) is 4.86. The van der Waals surface area contributed by atoms with Gasteiger partial charge >= 0.3 is 6.09 Å². The van der Waals surface area contributed by atoms with Gasteiger partial charge in [0, 0.05) is 30.3 Å². The van der Waals surface area contributed by atoms with Crippen LogP contribution in [0.1, 0.15) is 58.4 Å². The molecule has 1 aromatic heterocycles. The van der Waals surface area contributed by atoms with Gasteiger partial charge < -0.3 is 19.5 Å². The van der Waals surface area contributed by atoms with Crippen molar-refractivity contribution in [2.45, 2.75) is 65.5 Å². The fraction of sp³-hybridized carbons (Fsp3) is 0.522. The maximum absolute atomic E-state index is 12.4. The van der Waals surface area contributed by atoms with Gasteiger partial charge in [-0.1, -0.05) is 32.0 Å². The molecule has 0 spiro atoms. The zero-order valence-electron chi connectivity index (χ0n) is 19.2. The fourth-order valence-electron chi connectivity index (χ4n) is 3.20. The quantitative estimate of drug-likeness (QED) is 0.753. The van der Waals surface area contributed by atoms with Gasteiger partial charge in [0.05, 0.1) is 12.2 Å². The lowest BCUT2D eigenvalue weighted by Crippen LogP contribution is -2.39. The van der Waals surface area contributed by atoms with Crippen LogP contribution in [0.5, 0.6) is 0 Å². The molecule has 2 amide bonds. The van der Waals surface area contributed by atoms with Crippen molar-refractivity contribution < 1.29 is 18.8 Å². The molecule has 31 heavy (non-hydrogen) atoms. The lowest BCUT2D eigenvalue weighted by Gasteiger charge is -2.31. The van der Waals surface area contributed by atoms with Crippen molar-refractivity contribution in [1.82, 2.24) is 10.1 Å². The molecule has 1 aliphatic heterocycles. The Morgan fingerprint density at radius 3 is 2.52 bits per heavy atom. The number of amides is 2. The van der Waals surface area contributed by atoms with Crippen molar-refractivity contribution in [2.75, 3.05) is 23.7 Å². The molecule has 168 valence electrons. The second-order valence-corrected chi connectivity index (χ2v) is 9.86. The molecule has 0 aliphatic carbocycles. The third-order valence-electron chi connectivity index (χ3n) is 4.86. The van der Waals surface area contributed by atoms with Crippen LogP contribution in [0.15, 0.2) is 28.8 Å². The SMILES string of the molecule is CC(C)(C)OC(=O)N1CCc2ccc(NCC(=O)Nc3cc(C(C)(C)C)no3)cc2C1. The molecular weight excluding hydrogens is 396 g/mol. The Hall–Kier alpha value is -3.03. The van der Waals surface area contributed by atoms with E-state index in [1.54, 1.807) is 11.0 Å². The summed E-state index contributed by atoms with van der Waals surface area (Å²) in [6.45, 7) is 12.9. The smallest absolute Gasteiger partial charge is 0.410 e. The fourth-order valence-corrected chi connectivity index (χ4v) is 3.20. The number of nitrogens with zero attached hydrogens (tertiary/aromatic N) is 2. The number of fused-ring (bicyclic) bond motifs is 1. The highest BCUT2D eigenvalue weighted by Gasteiger charge is 2.26. The largest absolute Gasteiger partial charge is 0.444 e. The van der Waals surface area contributed by atoms with E-state index in [0.717, 1.165) is 23.4 Å². The Balaban J connectivity index is 1.56. The van der Waals surface area contributed by atoms with Gasteiger partial charge in [-0.25, -0.2) is 4.79 Å². The average molecular weight is 429 g/mol. The summed E-state index contributed by atoms with van der Waals surface area (Å²) in [7, 11) is 0. The number of carbonyl (C=O) groups is 2. The number of ether oxygens (including phenoxy) is 1. The average Bonchev–Trinajstić information content (AvgIpc) is 3.13. The second kappa shape index (κ2) is 8.61. The van der Waals surface area contributed by atoms with E-state index in [4.69, 9.17) is 9.26 Å². The first-order valence-corrected chi connectivity index (χ1v) is 10.5. The van der Waals surface area contributed by atoms with E-state index in [2.05, 4.69) is 15.8 Å². The maximum atomic E-state index is 12.4. The molecule has 8 nitrogen and oxygen atoms in total. The van der Waals surface area contributed by atoms with E-state index in [-0.39, 0.29) is 24.0 Å². The van der Waals surface area contributed by atoms with Gasteiger partial charge in [0.25, 0.3) is 0 Å². The summed E-state index contributed by atoms with van der Waals surface area (Å²) in [5.74, 6) is 0.0971. The topological polar surface area (TPSA) is 96.7 Å². The first-order valence-electron chi connectivity index (χ1n) is 10.5. The highest BCUT2D eigenvalue weighted by molar-refractivity contribution is 5.92. The minimum Gasteiger partial charge on any atom is -0.444 e. The summed E-state index contributed by atoms with van der Waals surface area (Å²) in [5, 5.41) is 9.83. The lowest BCUT2D eigenvalue weighted by molar-refractivity contribution is -0.114. The highest BCUT2D eigenvalue weighted by Crippen LogP contribution is 2.25. The Morgan fingerprint density at radius 1 is 1.13 bits per heavy atom. The van der Waals surface area contributed by atoms with Gasteiger partial charge in [-0.05, 0) is 50.5 Å². The molecule has 3 rings (SSSR count). The van der Waals surface area contributed by atoms with E-state index < -0.39 is 5.60 Å². The molecule has 0 saturated heterocycles. The summed E-state index contributed by atoms with van der Waals surface area (Å²) < 4.78 is 10.7. The van der Waals surface area contributed by atoms with Crippen molar-refractivity contribution >= 4 is 23.6 Å². The molecule has 1 aromatic carbocycles. The summed E-state index contributed by atoms with van der Waals surface area (Å²) in [5.41, 5.74) is 3.17. The van der Waals surface area contributed by atoms with Gasteiger partial charge in [-0.15, -0.1) is 0 Å². The van der Waals surface area contributed by atoms with Gasteiger partial charge in [0.1, 0.15) is 5.60 Å². The predicted octanol–water partition coefficient (Wildman–Crippen LogP) is 4.32. The van der Waals surface area contributed by atoms with E-state index in [1.807, 2.05) is 59.7 Å². The van der Waals surface area contributed by atoms with E-state index >= 15 is 0 Å².